The van der Waals surface area contributed by atoms with E-state index in [9.17, 15) is 14.4 Å². The number of hydrogen-bond acceptors (Lipinski definition) is 4. The first-order chi connectivity index (χ1) is 13.0. The Kier molecular flexibility index (Phi) is 5.51. The number of amides is 3. The summed E-state index contributed by atoms with van der Waals surface area (Å²) in [5, 5.41) is 5.43. The third kappa shape index (κ3) is 4.52. The van der Waals surface area contributed by atoms with Crippen LogP contribution in [0.2, 0.25) is 0 Å². The fourth-order valence-electron chi connectivity index (χ4n) is 2.70. The minimum Gasteiger partial charge on any atom is -0.452 e. The molecule has 3 amide bonds. The Hall–Kier alpha value is -3.61. The maximum Gasteiger partial charge on any atom is 0.340 e. The van der Waals surface area contributed by atoms with Gasteiger partial charge in [0.15, 0.2) is 6.61 Å². The van der Waals surface area contributed by atoms with Gasteiger partial charge in [-0.15, -0.1) is 0 Å². The number of ether oxygens (including phenoxy) is 1. The summed E-state index contributed by atoms with van der Waals surface area (Å²) in [4.78, 5) is 35.8. The molecule has 0 aliphatic rings. The molecule has 0 aliphatic carbocycles. The minimum atomic E-state index is -0.700. The summed E-state index contributed by atoms with van der Waals surface area (Å²) in [6, 6.07) is 16.0. The molecule has 0 spiro atoms. The zero-order chi connectivity index (χ0) is 19.2. The molecule has 3 rings (SSSR count). The molecule has 0 saturated carbocycles. The van der Waals surface area contributed by atoms with E-state index in [4.69, 9.17) is 4.74 Å². The summed E-state index contributed by atoms with van der Waals surface area (Å²) >= 11 is 0. The molecule has 0 aliphatic heterocycles. The van der Waals surface area contributed by atoms with E-state index in [1.165, 1.54) is 0 Å². The molecule has 7 nitrogen and oxygen atoms in total. The molecular weight excluding hydrogens is 346 g/mol. The third-order valence-electron chi connectivity index (χ3n) is 4.00. The molecule has 0 atom stereocenters. The summed E-state index contributed by atoms with van der Waals surface area (Å²) in [6.07, 6.45) is 1.65. The van der Waals surface area contributed by atoms with E-state index in [-0.39, 0.29) is 6.54 Å². The maximum atomic E-state index is 12.3. The van der Waals surface area contributed by atoms with Crippen molar-refractivity contribution in [2.24, 2.45) is 7.05 Å². The van der Waals surface area contributed by atoms with Crippen LogP contribution in [0.1, 0.15) is 15.9 Å². The molecule has 0 bridgehead atoms. The van der Waals surface area contributed by atoms with Crippen LogP contribution in [0.4, 0.5) is 4.79 Å². The third-order valence-corrected chi connectivity index (χ3v) is 4.00. The first kappa shape index (κ1) is 18.2. The molecule has 0 radical (unpaired) electrons. The predicted octanol–water partition coefficient (Wildman–Crippen LogP) is 2.36. The van der Waals surface area contributed by atoms with Crippen molar-refractivity contribution >= 4 is 28.8 Å². The number of carbonyl (C=O) groups excluding carboxylic acids is 3. The van der Waals surface area contributed by atoms with Gasteiger partial charge >= 0.3 is 12.0 Å². The van der Waals surface area contributed by atoms with Crippen LogP contribution >= 0.6 is 0 Å². The monoisotopic (exact) mass is 365 g/mol. The number of aromatic nitrogens is 1. The summed E-state index contributed by atoms with van der Waals surface area (Å²) in [6.45, 7) is -0.253. The van der Waals surface area contributed by atoms with Crippen LogP contribution < -0.4 is 10.6 Å². The lowest BCUT2D eigenvalue weighted by Crippen LogP contribution is -2.41. The molecule has 1 heterocycles. The zero-order valence-electron chi connectivity index (χ0n) is 14.8. The van der Waals surface area contributed by atoms with E-state index in [2.05, 4.69) is 10.6 Å². The minimum absolute atomic E-state index is 0.287. The fourth-order valence-corrected chi connectivity index (χ4v) is 2.70. The van der Waals surface area contributed by atoms with Crippen LogP contribution in [0.15, 0.2) is 60.8 Å². The van der Waals surface area contributed by atoms with Gasteiger partial charge < -0.3 is 14.6 Å². The number of rotatable bonds is 5. The number of esters is 1. The molecule has 2 aromatic carbocycles. The summed E-state index contributed by atoms with van der Waals surface area (Å²) in [7, 11) is 1.82. The van der Waals surface area contributed by atoms with Gasteiger partial charge in [-0.2, -0.15) is 0 Å². The second kappa shape index (κ2) is 8.18. The standard InChI is InChI=1S/C20H19N3O4/c1-23-12-16(15-9-5-6-10-17(15)23)19(25)27-13-18(24)22-20(26)21-11-14-7-3-2-4-8-14/h2-10,12H,11,13H2,1H3,(H2,21,22,24,26). The number of carbonyl (C=O) groups is 3. The number of hydrogen-bond donors (Lipinski definition) is 2. The van der Waals surface area contributed by atoms with Gasteiger partial charge in [0, 0.05) is 30.7 Å². The number of para-hydroxylation sites is 1. The smallest absolute Gasteiger partial charge is 0.340 e. The highest BCUT2D eigenvalue weighted by Gasteiger charge is 2.17. The van der Waals surface area contributed by atoms with Gasteiger partial charge in [0.05, 0.1) is 5.56 Å². The Labute approximate surface area is 155 Å². The van der Waals surface area contributed by atoms with Gasteiger partial charge in [0.25, 0.3) is 5.91 Å². The molecule has 1 aromatic heterocycles. The Morgan fingerprint density at radius 2 is 1.70 bits per heavy atom. The van der Waals surface area contributed by atoms with Gasteiger partial charge in [0.2, 0.25) is 0 Å². The molecule has 7 heteroatoms. The Balaban J connectivity index is 1.49. The normalized spacial score (nSPS) is 10.4. The van der Waals surface area contributed by atoms with Crippen LogP contribution in [-0.2, 0) is 23.1 Å². The lowest BCUT2D eigenvalue weighted by atomic mass is 10.2. The highest BCUT2D eigenvalue weighted by Crippen LogP contribution is 2.20. The van der Waals surface area contributed by atoms with E-state index in [0.717, 1.165) is 16.5 Å². The summed E-state index contributed by atoms with van der Waals surface area (Å²) in [5.41, 5.74) is 2.16. The molecule has 138 valence electrons. The van der Waals surface area contributed by atoms with E-state index in [1.807, 2.05) is 66.2 Å². The molecule has 2 N–H and O–H groups in total. The van der Waals surface area contributed by atoms with Crippen molar-refractivity contribution in [1.82, 2.24) is 15.2 Å². The average molecular weight is 365 g/mol. The summed E-state index contributed by atoms with van der Waals surface area (Å²) < 4.78 is 6.84. The van der Waals surface area contributed by atoms with Crippen molar-refractivity contribution in [3.63, 3.8) is 0 Å². The van der Waals surface area contributed by atoms with Crippen LogP contribution in [0.3, 0.4) is 0 Å². The molecule has 3 aromatic rings. The molecule has 0 saturated heterocycles. The van der Waals surface area contributed by atoms with Gasteiger partial charge in [-0.3, -0.25) is 10.1 Å². The van der Waals surface area contributed by atoms with E-state index >= 15 is 0 Å². The van der Waals surface area contributed by atoms with Crippen molar-refractivity contribution in [2.75, 3.05) is 6.61 Å². The number of urea groups is 1. The van der Waals surface area contributed by atoms with Crippen LogP contribution in [0, 0.1) is 0 Å². The quantitative estimate of drug-likeness (QED) is 0.679. The van der Waals surface area contributed by atoms with Crippen molar-refractivity contribution < 1.29 is 19.1 Å². The molecule has 0 unspecified atom stereocenters. The Bertz CT molecular complexity index is 979. The number of fused-ring (bicyclic) bond motifs is 1. The van der Waals surface area contributed by atoms with Crippen molar-refractivity contribution in [3.8, 4) is 0 Å². The topological polar surface area (TPSA) is 89.4 Å². The van der Waals surface area contributed by atoms with Crippen LogP contribution in [0.25, 0.3) is 10.9 Å². The van der Waals surface area contributed by atoms with Crippen LogP contribution in [0.5, 0.6) is 0 Å². The first-order valence-corrected chi connectivity index (χ1v) is 8.37. The number of nitrogens with zero attached hydrogens (tertiary/aromatic N) is 1. The lowest BCUT2D eigenvalue weighted by Gasteiger charge is -2.07. The average Bonchev–Trinajstić information content (AvgIpc) is 3.02. The second-order valence-electron chi connectivity index (χ2n) is 5.96. The van der Waals surface area contributed by atoms with Gasteiger partial charge in [-0.05, 0) is 11.6 Å². The predicted molar refractivity (Wildman–Crippen MR) is 100 cm³/mol. The highest BCUT2D eigenvalue weighted by molar-refractivity contribution is 6.05. The number of imide groups is 1. The largest absolute Gasteiger partial charge is 0.452 e. The first-order valence-electron chi connectivity index (χ1n) is 8.37. The fraction of sp³-hybridized carbons (Fsp3) is 0.150. The molecular formula is C20H19N3O4. The van der Waals surface area contributed by atoms with Crippen molar-refractivity contribution in [1.29, 1.82) is 0 Å². The second-order valence-corrected chi connectivity index (χ2v) is 5.96. The lowest BCUT2D eigenvalue weighted by molar-refractivity contribution is -0.123. The van der Waals surface area contributed by atoms with E-state index in [0.29, 0.717) is 5.56 Å². The number of aryl methyl sites for hydroxylation is 1. The van der Waals surface area contributed by atoms with E-state index in [1.54, 1.807) is 6.20 Å². The van der Waals surface area contributed by atoms with Crippen molar-refractivity contribution in [3.05, 3.63) is 71.9 Å². The van der Waals surface area contributed by atoms with E-state index < -0.39 is 24.5 Å². The number of nitrogens with one attached hydrogen (secondary N) is 2. The zero-order valence-corrected chi connectivity index (χ0v) is 14.8. The number of benzene rings is 2. The SMILES string of the molecule is Cn1cc(C(=O)OCC(=O)NC(=O)NCc2ccccc2)c2ccccc21. The molecule has 27 heavy (non-hydrogen) atoms. The maximum absolute atomic E-state index is 12.3. The van der Waals surface area contributed by atoms with Crippen molar-refractivity contribution in [2.45, 2.75) is 6.54 Å². The highest BCUT2D eigenvalue weighted by atomic mass is 16.5. The Morgan fingerprint density at radius 3 is 2.48 bits per heavy atom. The van der Waals surface area contributed by atoms with Gasteiger partial charge in [0.1, 0.15) is 0 Å². The summed E-state index contributed by atoms with van der Waals surface area (Å²) in [5.74, 6) is -1.32. The molecule has 0 fully saturated rings. The van der Waals surface area contributed by atoms with Crippen LogP contribution in [-0.4, -0.2) is 29.1 Å². The Morgan fingerprint density at radius 1 is 1.00 bits per heavy atom. The van der Waals surface area contributed by atoms with Gasteiger partial charge in [-0.1, -0.05) is 48.5 Å². The van der Waals surface area contributed by atoms with Gasteiger partial charge in [-0.25, -0.2) is 9.59 Å².